The van der Waals surface area contributed by atoms with Gasteiger partial charge in [0.2, 0.25) is 5.91 Å². The number of aryl methyl sites for hydroxylation is 1. The minimum atomic E-state index is -0.187. The number of nitrogens with zero attached hydrogens (tertiary/aromatic N) is 3. The third kappa shape index (κ3) is 4.51. The average molecular weight is 424 g/mol. The number of fused-ring (bicyclic) bond motifs is 1. The number of hydrogen-bond acceptors (Lipinski definition) is 4. The van der Waals surface area contributed by atoms with Crippen LogP contribution in [-0.4, -0.2) is 34.8 Å². The van der Waals surface area contributed by atoms with Crippen molar-refractivity contribution < 1.29 is 4.79 Å². The minimum absolute atomic E-state index is 0.0826. The molecule has 0 N–H and O–H groups in total. The van der Waals surface area contributed by atoms with Gasteiger partial charge in [-0.1, -0.05) is 65.8 Å². The minimum Gasteiger partial charge on any atom is -0.292 e. The van der Waals surface area contributed by atoms with E-state index in [0.29, 0.717) is 23.7 Å². The monoisotopic (exact) mass is 423 g/mol. The number of rotatable bonds is 5. The van der Waals surface area contributed by atoms with Crippen LogP contribution in [0.5, 0.6) is 0 Å². The van der Waals surface area contributed by atoms with Crippen molar-refractivity contribution in [2.75, 3.05) is 19.1 Å². The first-order valence-electron chi connectivity index (χ1n) is 9.75. The molecular weight excluding hydrogens is 402 g/mol. The number of nitriles is 1. The SMILES string of the molecule is N#CC1=C2SCN(CCCc3ccccc3)CN2C(=O)CC1c1ccc(Cl)cc1. The summed E-state index contributed by atoms with van der Waals surface area (Å²) in [4.78, 5) is 17.0. The van der Waals surface area contributed by atoms with Gasteiger partial charge in [-0.05, 0) is 36.1 Å². The lowest BCUT2D eigenvalue weighted by molar-refractivity contribution is -0.131. The molecule has 2 heterocycles. The van der Waals surface area contributed by atoms with E-state index >= 15 is 0 Å². The van der Waals surface area contributed by atoms with Gasteiger partial charge in [-0.15, -0.1) is 0 Å². The van der Waals surface area contributed by atoms with Crippen LogP contribution in [0.25, 0.3) is 0 Å². The zero-order valence-electron chi connectivity index (χ0n) is 16.1. The van der Waals surface area contributed by atoms with E-state index in [-0.39, 0.29) is 11.8 Å². The molecule has 0 aromatic heterocycles. The van der Waals surface area contributed by atoms with Crippen LogP contribution in [0.1, 0.15) is 29.9 Å². The Hall–Kier alpha value is -2.26. The predicted molar refractivity (Wildman–Crippen MR) is 117 cm³/mol. The maximum Gasteiger partial charge on any atom is 0.229 e. The van der Waals surface area contributed by atoms with Crippen molar-refractivity contribution >= 4 is 29.3 Å². The van der Waals surface area contributed by atoms with E-state index in [4.69, 9.17) is 11.6 Å². The molecule has 4 nitrogen and oxygen atoms in total. The summed E-state index contributed by atoms with van der Waals surface area (Å²) in [5, 5.41) is 11.3. The fourth-order valence-electron chi connectivity index (χ4n) is 3.88. The lowest BCUT2D eigenvalue weighted by Crippen LogP contribution is -2.47. The highest BCUT2D eigenvalue weighted by molar-refractivity contribution is 8.03. The van der Waals surface area contributed by atoms with Crippen molar-refractivity contribution in [2.45, 2.75) is 25.2 Å². The van der Waals surface area contributed by atoms with Crippen molar-refractivity contribution in [3.05, 3.63) is 81.3 Å². The summed E-state index contributed by atoms with van der Waals surface area (Å²) in [6.07, 6.45) is 2.40. The van der Waals surface area contributed by atoms with Crippen LogP contribution in [0.15, 0.2) is 65.2 Å². The molecule has 1 fully saturated rings. The number of carbonyl (C=O) groups excluding carboxylic acids is 1. The molecule has 2 aromatic carbocycles. The Morgan fingerprint density at radius 1 is 1.14 bits per heavy atom. The van der Waals surface area contributed by atoms with E-state index < -0.39 is 0 Å². The Labute approximate surface area is 180 Å². The maximum atomic E-state index is 12.9. The van der Waals surface area contributed by atoms with Crippen molar-refractivity contribution in [1.82, 2.24) is 9.80 Å². The third-order valence-corrected chi connectivity index (χ3v) is 6.86. The molecule has 0 aliphatic carbocycles. The van der Waals surface area contributed by atoms with Crippen molar-refractivity contribution in [3.8, 4) is 6.07 Å². The Morgan fingerprint density at radius 3 is 2.62 bits per heavy atom. The first-order valence-corrected chi connectivity index (χ1v) is 11.1. The number of allylic oxidation sites excluding steroid dienone is 1. The van der Waals surface area contributed by atoms with Gasteiger partial charge in [0.15, 0.2) is 0 Å². The summed E-state index contributed by atoms with van der Waals surface area (Å²) in [6.45, 7) is 1.50. The van der Waals surface area contributed by atoms with Crippen LogP contribution in [0, 0.1) is 11.3 Å². The summed E-state index contributed by atoms with van der Waals surface area (Å²) >= 11 is 7.60. The van der Waals surface area contributed by atoms with Crippen molar-refractivity contribution in [2.24, 2.45) is 0 Å². The smallest absolute Gasteiger partial charge is 0.229 e. The third-order valence-electron chi connectivity index (χ3n) is 5.40. The number of benzene rings is 2. The van der Waals surface area contributed by atoms with Gasteiger partial charge in [-0.3, -0.25) is 14.6 Å². The molecule has 1 saturated heterocycles. The molecule has 29 heavy (non-hydrogen) atoms. The molecule has 2 aliphatic rings. The summed E-state index contributed by atoms with van der Waals surface area (Å²) in [5.74, 6) is 0.694. The Kier molecular flexibility index (Phi) is 6.25. The van der Waals surface area contributed by atoms with Crippen molar-refractivity contribution in [1.29, 1.82) is 5.26 Å². The number of thioether (sulfide) groups is 1. The Bertz CT molecular complexity index is 952. The van der Waals surface area contributed by atoms with Crippen LogP contribution >= 0.6 is 23.4 Å². The fraction of sp³-hybridized carbons (Fsp3) is 0.304. The predicted octanol–water partition coefficient (Wildman–Crippen LogP) is 4.99. The molecule has 0 bridgehead atoms. The number of hydrogen-bond donors (Lipinski definition) is 0. The van der Waals surface area contributed by atoms with Gasteiger partial charge in [-0.2, -0.15) is 5.26 Å². The van der Waals surface area contributed by atoms with E-state index in [9.17, 15) is 10.1 Å². The highest BCUT2D eigenvalue weighted by atomic mass is 35.5. The van der Waals surface area contributed by atoms with E-state index in [1.807, 2.05) is 30.3 Å². The molecule has 4 rings (SSSR count). The molecule has 1 atom stereocenters. The van der Waals surface area contributed by atoms with Crippen LogP contribution in [-0.2, 0) is 11.2 Å². The van der Waals surface area contributed by atoms with Crippen LogP contribution in [0.4, 0.5) is 0 Å². The van der Waals surface area contributed by atoms with Gasteiger partial charge >= 0.3 is 0 Å². The van der Waals surface area contributed by atoms with Gasteiger partial charge in [0, 0.05) is 23.9 Å². The van der Waals surface area contributed by atoms with Gasteiger partial charge in [0.25, 0.3) is 0 Å². The van der Waals surface area contributed by atoms with E-state index in [1.165, 1.54) is 5.56 Å². The number of carbonyl (C=O) groups is 1. The molecule has 2 aromatic rings. The van der Waals surface area contributed by atoms with Crippen LogP contribution in [0.3, 0.4) is 0 Å². The molecular formula is C23H22ClN3OS. The first kappa shape index (κ1) is 20.0. The molecule has 148 valence electrons. The standard InChI is InChI=1S/C23H22ClN3OS/c24-19-10-8-18(9-11-19)20-13-22(28)27-15-26(16-29-23(27)21(20)14-25)12-4-7-17-5-2-1-3-6-17/h1-3,5-6,8-11,20H,4,7,12-13,15-16H2. The van der Waals surface area contributed by atoms with Gasteiger partial charge in [-0.25, -0.2) is 0 Å². The normalized spacial score (nSPS) is 19.8. The molecule has 0 spiro atoms. The van der Waals surface area contributed by atoms with E-state index in [0.717, 1.165) is 35.9 Å². The highest BCUT2D eigenvalue weighted by Gasteiger charge is 2.38. The lowest BCUT2D eigenvalue weighted by atomic mass is 9.86. The average Bonchev–Trinajstić information content (AvgIpc) is 2.75. The lowest BCUT2D eigenvalue weighted by Gasteiger charge is -2.41. The first-order chi connectivity index (χ1) is 14.2. The Morgan fingerprint density at radius 2 is 1.90 bits per heavy atom. The second kappa shape index (κ2) is 9.04. The summed E-state index contributed by atoms with van der Waals surface area (Å²) in [6, 6.07) is 20.3. The molecule has 0 saturated carbocycles. The summed E-state index contributed by atoms with van der Waals surface area (Å²) in [7, 11) is 0. The number of amides is 1. The highest BCUT2D eigenvalue weighted by Crippen LogP contribution is 2.42. The molecule has 0 radical (unpaired) electrons. The largest absolute Gasteiger partial charge is 0.292 e. The number of halogens is 1. The second-order valence-electron chi connectivity index (χ2n) is 7.36. The molecule has 2 aliphatic heterocycles. The topological polar surface area (TPSA) is 47.3 Å². The van der Waals surface area contributed by atoms with Gasteiger partial charge in [0.05, 0.1) is 29.2 Å². The molecule has 1 unspecified atom stereocenters. The van der Waals surface area contributed by atoms with E-state index in [2.05, 4.69) is 35.2 Å². The summed E-state index contributed by atoms with van der Waals surface area (Å²) in [5.41, 5.74) is 3.00. The Balaban J connectivity index is 1.45. The zero-order chi connectivity index (χ0) is 20.2. The molecule has 1 amide bonds. The molecule has 6 heteroatoms. The van der Waals surface area contributed by atoms with Gasteiger partial charge in [0.1, 0.15) is 0 Å². The fourth-order valence-corrected chi connectivity index (χ4v) is 5.18. The van der Waals surface area contributed by atoms with Crippen LogP contribution in [0.2, 0.25) is 5.02 Å². The van der Waals surface area contributed by atoms with Crippen LogP contribution < -0.4 is 0 Å². The second-order valence-corrected chi connectivity index (χ2v) is 8.73. The quantitative estimate of drug-likeness (QED) is 0.679. The zero-order valence-corrected chi connectivity index (χ0v) is 17.6. The summed E-state index contributed by atoms with van der Waals surface area (Å²) < 4.78 is 0. The van der Waals surface area contributed by atoms with Crippen molar-refractivity contribution in [3.63, 3.8) is 0 Å². The van der Waals surface area contributed by atoms with E-state index in [1.54, 1.807) is 16.7 Å². The van der Waals surface area contributed by atoms with Gasteiger partial charge < -0.3 is 0 Å². The maximum absolute atomic E-state index is 12.9.